The molecule has 0 saturated carbocycles. The first-order valence-corrected chi connectivity index (χ1v) is 8.16. The molecule has 1 aliphatic rings. The lowest BCUT2D eigenvalue weighted by Crippen LogP contribution is -2.45. The predicted molar refractivity (Wildman–Crippen MR) is 111 cm³/mol. The maximum atomic E-state index is 4.31. The van der Waals surface area contributed by atoms with E-state index in [-0.39, 0.29) is 24.0 Å². The van der Waals surface area contributed by atoms with E-state index in [1.54, 1.807) is 0 Å². The van der Waals surface area contributed by atoms with E-state index in [2.05, 4.69) is 70.8 Å². The fourth-order valence-electron chi connectivity index (χ4n) is 2.73. The van der Waals surface area contributed by atoms with E-state index >= 15 is 0 Å². The van der Waals surface area contributed by atoms with E-state index in [1.807, 2.05) is 7.05 Å². The highest BCUT2D eigenvalue weighted by Crippen LogP contribution is 2.15. The van der Waals surface area contributed by atoms with Crippen LogP contribution in [0.1, 0.15) is 25.3 Å². The number of anilines is 1. The van der Waals surface area contributed by atoms with Crippen molar-refractivity contribution in [2.45, 2.75) is 32.7 Å². The zero-order valence-electron chi connectivity index (χ0n) is 14.4. The van der Waals surface area contributed by atoms with Crippen molar-refractivity contribution in [3.8, 4) is 0 Å². The minimum atomic E-state index is 0. The van der Waals surface area contributed by atoms with E-state index in [9.17, 15) is 0 Å². The van der Waals surface area contributed by atoms with Crippen LogP contribution < -0.4 is 15.5 Å². The number of nitrogens with zero attached hydrogens (tertiary/aromatic N) is 2. The number of aryl methyl sites for hydroxylation is 1. The molecule has 0 bridgehead atoms. The smallest absolute Gasteiger partial charge is 0.191 e. The molecule has 23 heavy (non-hydrogen) atoms. The molecule has 0 heterocycles. The zero-order valence-corrected chi connectivity index (χ0v) is 16.7. The lowest BCUT2D eigenvalue weighted by Gasteiger charge is -2.24. The summed E-state index contributed by atoms with van der Waals surface area (Å²) in [5.41, 5.74) is 2.59. The highest BCUT2D eigenvalue weighted by Gasteiger charge is 2.11. The summed E-state index contributed by atoms with van der Waals surface area (Å²) in [5.74, 6) is 0.897. The molecule has 0 unspecified atom stereocenters. The second-order valence-corrected chi connectivity index (χ2v) is 5.70. The van der Waals surface area contributed by atoms with Crippen molar-refractivity contribution in [1.29, 1.82) is 0 Å². The molecular formula is C18H29IN4. The molecule has 5 heteroatoms. The van der Waals surface area contributed by atoms with Crippen LogP contribution in [0.15, 0.2) is 41.4 Å². The van der Waals surface area contributed by atoms with Crippen molar-refractivity contribution in [2.24, 2.45) is 4.99 Å². The van der Waals surface area contributed by atoms with E-state index in [1.165, 1.54) is 11.3 Å². The van der Waals surface area contributed by atoms with Gasteiger partial charge in [0.15, 0.2) is 5.96 Å². The van der Waals surface area contributed by atoms with Gasteiger partial charge in [0, 0.05) is 38.4 Å². The van der Waals surface area contributed by atoms with Gasteiger partial charge in [0.1, 0.15) is 0 Å². The molecule has 4 nitrogen and oxygen atoms in total. The largest absolute Gasteiger partial charge is 0.370 e. The molecule has 2 N–H and O–H groups in total. The van der Waals surface area contributed by atoms with Crippen LogP contribution in [0.3, 0.4) is 0 Å². The molecular weight excluding hydrogens is 399 g/mol. The lowest BCUT2D eigenvalue weighted by atomic mass is 10.2. The molecule has 0 aromatic heterocycles. The van der Waals surface area contributed by atoms with Crippen molar-refractivity contribution in [1.82, 2.24) is 10.6 Å². The summed E-state index contributed by atoms with van der Waals surface area (Å²) in [7, 11) is 1.83. The summed E-state index contributed by atoms with van der Waals surface area (Å²) >= 11 is 0. The van der Waals surface area contributed by atoms with Crippen LogP contribution in [-0.4, -0.2) is 38.7 Å². The van der Waals surface area contributed by atoms with Crippen LogP contribution in [-0.2, 0) is 0 Å². The first-order chi connectivity index (χ1) is 10.7. The standard InChI is InChI=1S/C18H28N4.HI/c1-4-22(17-11-7-8-15(2)14-17)13-12-20-18(19-3)21-16-9-5-6-10-16;/h5-8,11,14,16H,4,9-10,12-13H2,1-3H3,(H2,19,20,21);1H. The highest BCUT2D eigenvalue weighted by molar-refractivity contribution is 14.0. The molecule has 0 amide bonds. The Morgan fingerprint density at radius 2 is 2.04 bits per heavy atom. The number of likely N-dealkylation sites (N-methyl/N-ethyl adjacent to an activating group) is 1. The minimum Gasteiger partial charge on any atom is -0.370 e. The monoisotopic (exact) mass is 428 g/mol. The Bertz CT molecular complexity index is 520. The second kappa shape index (κ2) is 10.5. The summed E-state index contributed by atoms with van der Waals surface area (Å²) in [6, 6.07) is 9.16. The molecule has 1 aromatic rings. The van der Waals surface area contributed by atoms with Crippen molar-refractivity contribution in [2.75, 3.05) is 31.6 Å². The maximum absolute atomic E-state index is 4.31. The summed E-state index contributed by atoms with van der Waals surface area (Å²) in [6.07, 6.45) is 6.62. The van der Waals surface area contributed by atoms with Crippen molar-refractivity contribution < 1.29 is 0 Å². The Labute approximate surface area is 157 Å². The van der Waals surface area contributed by atoms with Gasteiger partial charge < -0.3 is 15.5 Å². The van der Waals surface area contributed by atoms with Crippen molar-refractivity contribution in [3.63, 3.8) is 0 Å². The molecule has 0 atom stereocenters. The number of guanidine groups is 1. The van der Waals surface area contributed by atoms with Crippen molar-refractivity contribution >= 4 is 35.6 Å². The van der Waals surface area contributed by atoms with Crippen LogP contribution in [0.5, 0.6) is 0 Å². The first kappa shape index (κ1) is 19.8. The number of rotatable bonds is 6. The van der Waals surface area contributed by atoms with Gasteiger partial charge in [-0.05, 0) is 44.4 Å². The molecule has 0 spiro atoms. The fourth-order valence-corrected chi connectivity index (χ4v) is 2.73. The zero-order chi connectivity index (χ0) is 15.8. The molecule has 0 aliphatic heterocycles. The number of benzene rings is 1. The molecule has 0 saturated heterocycles. The Balaban J connectivity index is 0.00000264. The molecule has 2 rings (SSSR count). The molecule has 1 aromatic carbocycles. The summed E-state index contributed by atoms with van der Waals surface area (Å²) in [6.45, 7) is 7.17. The summed E-state index contributed by atoms with van der Waals surface area (Å²) < 4.78 is 0. The third kappa shape index (κ3) is 6.41. The summed E-state index contributed by atoms with van der Waals surface area (Å²) in [5, 5.41) is 6.88. The Hall–Kier alpha value is -1.24. The van der Waals surface area contributed by atoms with Crippen LogP contribution in [0.25, 0.3) is 0 Å². The lowest BCUT2D eigenvalue weighted by molar-refractivity contribution is 0.631. The van der Waals surface area contributed by atoms with Crippen LogP contribution in [0.2, 0.25) is 0 Å². The normalized spacial score (nSPS) is 14.5. The van der Waals surface area contributed by atoms with E-state index in [4.69, 9.17) is 0 Å². The second-order valence-electron chi connectivity index (χ2n) is 5.70. The van der Waals surface area contributed by atoms with Gasteiger partial charge >= 0.3 is 0 Å². The van der Waals surface area contributed by atoms with E-state index in [0.29, 0.717) is 6.04 Å². The van der Waals surface area contributed by atoms with Crippen LogP contribution in [0.4, 0.5) is 5.69 Å². The topological polar surface area (TPSA) is 39.7 Å². The van der Waals surface area contributed by atoms with E-state index < -0.39 is 0 Å². The van der Waals surface area contributed by atoms with Gasteiger partial charge in [0.05, 0.1) is 0 Å². The fraction of sp³-hybridized carbons (Fsp3) is 0.500. The highest BCUT2D eigenvalue weighted by atomic mass is 127. The number of aliphatic imine (C=N–C) groups is 1. The SMILES string of the molecule is CCN(CCNC(=NC)NC1CC=CC1)c1cccc(C)c1.I. The Morgan fingerprint density at radius 1 is 1.30 bits per heavy atom. The van der Waals surface area contributed by atoms with Gasteiger partial charge in [-0.25, -0.2) is 0 Å². The van der Waals surface area contributed by atoms with E-state index in [0.717, 1.165) is 38.4 Å². The van der Waals surface area contributed by atoms with Crippen molar-refractivity contribution in [3.05, 3.63) is 42.0 Å². The number of hydrogen-bond donors (Lipinski definition) is 2. The number of hydrogen-bond acceptors (Lipinski definition) is 2. The third-order valence-electron chi connectivity index (χ3n) is 4.00. The van der Waals surface area contributed by atoms with Gasteiger partial charge in [0.25, 0.3) is 0 Å². The Morgan fingerprint density at radius 3 is 2.65 bits per heavy atom. The predicted octanol–water partition coefficient (Wildman–Crippen LogP) is 3.32. The molecule has 1 aliphatic carbocycles. The number of halogens is 1. The first-order valence-electron chi connectivity index (χ1n) is 8.16. The third-order valence-corrected chi connectivity index (χ3v) is 4.00. The minimum absolute atomic E-state index is 0. The average molecular weight is 428 g/mol. The van der Waals surface area contributed by atoms with Gasteiger partial charge in [-0.1, -0.05) is 24.3 Å². The molecule has 0 radical (unpaired) electrons. The van der Waals surface area contributed by atoms with Gasteiger partial charge in [-0.3, -0.25) is 4.99 Å². The van der Waals surface area contributed by atoms with Crippen LogP contribution in [0, 0.1) is 6.92 Å². The van der Waals surface area contributed by atoms with Crippen LogP contribution >= 0.6 is 24.0 Å². The van der Waals surface area contributed by atoms with Gasteiger partial charge in [-0.2, -0.15) is 0 Å². The average Bonchev–Trinajstić information content (AvgIpc) is 3.03. The molecule has 0 fully saturated rings. The Kier molecular flexibility index (Phi) is 9.06. The number of nitrogens with one attached hydrogen (secondary N) is 2. The van der Waals surface area contributed by atoms with Gasteiger partial charge in [0.2, 0.25) is 0 Å². The van der Waals surface area contributed by atoms with Gasteiger partial charge in [-0.15, -0.1) is 24.0 Å². The summed E-state index contributed by atoms with van der Waals surface area (Å²) in [4.78, 5) is 6.69. The molecule has 128 valence electrons. The quantitative estimate of drug-likeness (QED) is 0.316. The maximum Gasteiger partial charge on any atom is 0.191 e.